The van der Waals surface area contributed by atoms with Crippen LogP contribution in [-0.4, -0.2) is 4.57 Å². The SMILES string of the molecule is c1ccc(-c2cccc(-c3cccc(N(c4ccc(-c5cccc6cccc(-c7ccccc7)c56)cc4)c4ccc(-n5c6ccccc6c6ccccc65)cc4)c3)c2)cc1. The van der Waals surface area contributed by atoms with E-state index in [0.29, 0.717) is 0 Å². The molecule has 0 atom stereocenters. The van der Waals surface area contributed by atoms with E-state index in [1.807, 2.05) is 0 Å². The number of para-hydroxylation sites is 2. The Morgan fingerprint density at radius 2 is 0.733 bits per heavy atom. The van der Waals surface area contributed by atoms with E-state index in [9.17, 15) is 0 Å². The van der Waals surface area contributed by atoms with E-state index >= 15 is 0 Å². The summed E-state index contributed by atoms with van der Waals surface area (Å²) in [5.41, 5.74) is 16.4. The molecule has 1 heterocycles. The maximum Gasteiger partial charge on any atom is 0.0541 e. The minimum atomic E-state index is 1.08. The normalized spacial score (nSPS) is 11.3. The van der Waals surface area contributed by atoms with E-state index in [1.165, 1.54) is 71.5 Å². The van der Waals surface area contributed by atoms with Crippen LogP contribution in [0.2, 0.25) is 0 Å². The molecule has 0 saturated carbocycles. The Balaban J connectivity index is 1.03. The third-order valence-electron chi connectivity index (χ3n) is 11.8. The molecule has 282 valence electrons. The zero-order valence-corrected chi connectivity index (χ0v) is 33.0. The topological polar surface area (TPSA) is 8.17 Å². The molecule has 0 bridgehead atoms. The Morgan fingerprint density at radius 3 is 1.35 bits per heavy atom. The minimum Gasteiger partial charge on any atom is -0.310 e. The van der Waals surface area contributed by atoms with Gasteiger partial charge in [0.05, 0.1) is 11.0 Å². The molecule has 0 radical (unpaired) electrons. The molecule has 0 N–H and O–H groups in total. The summed E-state index contributed by atoms with van der Waals surface area (Å²) in [7, 11) is 0. The number of hydrogen-bond acceptors (Lipinski definition) is 1. The van der Waals surface area contributed by atoms with Crippen molar-refractivity contribution in [1.29, 1.82) is 0 Å². The first-order valence-electron chi connectivity index (χ1n) is 20.6. The average Bonchev–Trinajstić information content (AvgIpc) is 3.67. The van der Waals surface area contributed by atoms with E-state index in [0.717, 1.165) is 28.3 Å². The van der Waals surface area contributed by atoms with Gasteiger partial charge in [-0.25, -0.2) is 0 Å². The zero-order chi connectivity index (χ0) is 39.8. The molecule has 10 aromatic carbocycles. The second kappa shape index (κ2) is 15.1. The van der Waals surface area contributed by atoms with Crippen molar-refractivity contribution in [2.75, 3.05) is 4.90 Å². The predicted molar refractivity (Wildman–Crippen MR) is 255 cm³/mol. The molecule has 0 spiro atoms. The number of anilines is 3. The van der Waals surface area contributed by atoms with Crippen LogP contribution in [0.5, 0.6) is 0 Å². The molecule has 1 aromatic heterocycles. The van der Waals surface area contributed by atoms with Crippen molar-refractivity contribution in [3.63, 3.8) is 0 Å². The van der Waals surface area contributed by atoms with E-state index in [1.54, 1.807) is 0 Å². The highest BCUT2D eigenvalue weighted by Crippen LogP contribution is 2.41. The summed E-state index contributed by atoms with van der Waals surface area (Å²) >= 11 is 0. The molecule has 11 rings (SSSR count). The van der Waals surface area contributed by atoms with Crippen LogP contribution in [0, 0.1) is 0 Å². The van der Waals surface area contributed by atoms with Gasteiger partial charge in [-0.1, -0.05) is 176 Å². The molecule has 11 aromatic rings. The van der Waals surface area contributed by atoms with Crippen LogP contribution in [0.25, 0.3) is 82.8 Å². The first-order chi connectivity index (χ1) is 29.8. The van der Waals surface area contributed by atoms with Crippen LogP contribution in [0.3, 0.4) is 0 Å². The molecule has 0 amide bonds. The summed E-state index contributed by atoms with van der Waals surface area (Å²) in [5.74, 6) is 0. The fraction of sp³-hybridized carbons (Fsp3) is 0. The van der Waals surface area contributed by atoms with Gasteiger partial charge in [0, 0.05) is 33.5 Å². The highest BCUT2D eigenvalue weighted by atomic mass is 15.1. The quantitative estimate of drug-likeness (QED) is 0.150. The Kier molecular flexibility index (Phi) is 8.87. The van der Waals surface area contributed by atoms with Gasteiger partial charge in [0.15, 0.2) is 0 Å². The molecular formula is C58H40N2. The number of benzene rings is 10. The fourth-order valence-corrected chi connectivity index (χ4v) is 8.96. The number of hydrogen-bond donors (Lipinski definition) is 0. The molecular weight excluding hydrogens is 725 g/mol. The van der Waals surface area contributed by atoms with Gasteiger partial charge in [-0.15, -0.1) is 0 Å². The van der Waals surface area contributed by atoms with Crippen LogP contribution < -0.4 is 4.90 Å². The highest BCUT2D eigenvalue weighted by molar-refractivity contribution is 6.09. The number of fused-ring (bicyclic) bond motifs is 4. The maximum absolute atomic E-state index is 2.38. The molecule has 0 unspecified atom stereocenters. The van der Waals surface area contributed by atoms with Crippen LogP contribution in [0.1, 0.15) is 0 Å². The summed E-state index contributed by atoms with van der Waals surface area (Å²) in [6.45, 7) is 0. The van der Waals surface area contributed by atoms with Crippen LogP contribution in [0.15, 0.2) is 243 Å². The summed E-state index contributed by atoms with van der Waals surface area (Å²) in [4.78, 5) is 2.38. The first-order valence-corrected chi connectivity index (χ1v) is 20.6. The van der Waals surface area contributed by atoms with Crippen molar-refractivity contribution >= 4 is 49.6 Å². The van der Waals surface area contributed by atoms with Gasteiger partial charge in [0.25, 0.3) is 0 Å². The van der Waals surface area contributed by atoms with E-state index in [4.69, 9.17) is 0 Å². The Morgan fingerprint density at radius 1 is 0.283 bits per heavy atom. The summed E-state index contributed by atoms with van der Waals surface area (Å²) in [6.07, 6.45) is 0. The van der Waals surface area contributed by atoms with Crippen LogP contribution in [-0.2, 0) is 0 Å². The van der Waals surface area contributed by atoms with E-state index < -0.39 is 0 Å². The summed E-state index contributed by atoms with van der Waals surface area (Å²) in [6, 6.07) is 87.8. The Labute approximate surface area is 350 Å². The third kappa shape index (κ3) is 6.32. The zero-order valence-electron chi connectivity index (χ0n) is 33.0. The molecule has 0 aliphatic carbocycles. The fourth-order valence-electron chi connectivity index (χ4n) is 8.96. The number of aromatic nitrogens is 1. The Bertz CT molecular complexity index is 3230. The van der Waals surface area contributed by atoms with Crippen molar-refractivity contribution in [3.05, 3.63) is 243 Å². The second-order valence-corrected chi connectivity index (χ2v) is 15.3. The van der Waals surface area contributed by atoms with E-state index in [-0.39, 0.29) is 0 Å². The predicted octanol–water partition coefficient (Wildman–Crippen LogP) is 16.1. The first kappa shape index (κ1) is 35.2. The van der Waals surface area contributed by atoms with Crippen molar-refractivity contribution in [2.24, 2.45) is 0 Å². The van der Waals surface area contributed by atoms with Crippen LogP contribution >= 0.6 is 0 Å². The van der Waals surface area contributed by atoms with Crippen molar-refractivity contribution in [1.82, 2.24) is 4.57 Å². The molecule has 0 aliphatic heterocycles. The maximum atomic E-state index is 2.38. The lowest BCUT2D eigenvalue weighted by molar-refractivity contribution is 1.17. The smallest absolute Gasteiger partial charge is 0.0541 e. The Hall–Kier alpha value is -7.94. The lowest BCUT2D eigenvalue weighted by Gasteiger charge is -2.27. The van der Waals surface area contributed by atoms with Gasteiger partial charge in [-0.2, -0.15) is 0 Å². The van der Waals surface area contributed by atoms with Gasteiger partial charge >= 0.3 is 0 Å². The lowest BCUT2D eigenvalue weighted by Crippen LogP contribution is -2.10. The van der Waals surface area contributed by atoms with Gasteiger partial charge in [-0.3, -0.25) is 0 Å². The monoisotopic (exact) mass is 764 g/mol. The summed E-state index contributed by atoms with van der Waals surface area (Å²) < 4.78 is 2.38. The molecule has 0 saturated heterocycles. The van der Waals surface area contributed by atoms with Crippen molar-refractivity contribution in [2.45, 2.75) is 0 Å². The minimum absolute atomic E-state index is 1.08. The molecule has 60 heavy (non-hydrogen) atoms. The molecule has 0 fully saturated rings. The molecule has 0 aliphatic rings. The second-order valence-electron chi connectivity index (χ2n) is 15.3. The standard InChI is InChI=1S/C58H40N2/c1-3-15-41(16-4-1)45-21-11-22-46(39-45)47-23-12-24-51(40-47)59(49-35-37-50(38-36-49)60-56-29-9-7-25-54(56)55-26-8-10-30-57(55)60)48-33-31-43(32-34-48)53-28-14-20-44-19-13-27-52(58(44)53)42-17-5-2-6-18-42/h1-40H. The van der Waals surface area contributed by atoms with Crippen molar-refractivity contribution < 1.29 is 0 Å². The average molecular weight is 765 g/mol. The molecule has 2 heteroatoms. The van der Waals surface area contributed by atoms with Gasteiger partial charge in [0.1, 0.15) is 0 Å². The largest absolute Gasteiger partial charge is 0.310 e. The van der Waals surface area contributed by atoms with Gasteiger partial charge in [0.2, 0.25) is 0 Å². The van der Waals surface area contributed by atoms with Crippen molar-refractivity contribution in [3.8, 4) is 50.2 Å². The van der Waals surface area contributed by atoms with Crippen LogP contribution in [0.4, 0.5) is 17.1 Å². The van der Waals surface area contributed by atoms with Gasteiger partial charge in [-0.05, 0) is 122 Å². The number of nitrogens with zero attached hydrogens (tertiary/aromatic N) is 2. The van der Waals surface area contributed by atoms with E-state index in [2.05, 4.69) is 252 Å². The molecule has 2 nitrogen and oxygen atoms in total. The third-order valence-corrected chi connectivity index (χ3v) is 11.8. The highest BCUT2D eigenvalue weighted by Gasteiger charge is 2.17. The number of rotatable bonds is 8. The van der Waals surface area contributed by atoms with Gasteiger partial charge < -0.3 is 9.47 Å². The lowest BCUT2D eigenvalue weighted by atomic mass is 9.91. The summed E-state index contributed by atoms with van der Waals surface area (Å²) in [5, 5.41) is 5.01.